The zero-order chi connectivity index (χ0) is 11.5. The Balaban J connectivity index is 1.69. The van der Waals surface area contributed by atoms with Gasteiger partial charge < -0.3 is 10.0 Å². The number of nitrogens with zero attached hydrogens (tertiary/aromatic N) is 1. The van der Waals surface area contributed by atoms with Gasteiger partial charge in [0.25, 0.3) is 0 Å². The molecule has 0 amide bonds. The van der Waals surface area contributed by atoms with Gasteiger partial charge in [-0.05, 0) is 49.9 Å². The van der Waals surface area contributed by atoms with E-state index in [4.69, 9.17) is 0 Å². The number of hydrogen-bond acceptors (Lipinski definition) is 2. The van der Waals surface area contributed by atoms with Crippen molar-refractivity contribution in [3.8, 4) is 0 Å². The molecule has 1 saturated carbocycles. The predicted octanol–water partition coefficient (Wildman–Crippen LogP) is 2.52. The van der Waals surface area contributed by atoms with Gasteiger partial charge in [0.05, 0.1) is 6.10 Å². The molecule has 0 aromatic carbocycles. The van der Waals surface area contributed by atoms with Crippen LogP contribution in [0, 0.1) is 17.8 Å². The van der Waals surface area contributed by atoms with E-state index in [0.717, 1.165) is 37.3 Å². The smallest absolute Gasteiger partial charge is 0.0679 e. The van der Waals surface area contributed by atoms with Crippen LogP contribution < -0.4 is 0 Å². The van der Waals surface area contributed by atoms with Crippen molar-refractivity contribution < 1.29 is 5.11 Å². The molecule has 1 atom stereocenters. The third-order valence-electron chi connectivity index (χ3n) is 4.60. The van der Waals surface area contributed by atoms with E-state index in [1.165, 1.54) is 32.2 Å². The van der Waals surface area contributed by atoms with Crippen molar-refractivity contribution in [2.45, 2.75) is 52.1 Å². The number of aliphatic hydroxyl groups excluding tert-OH is 1. The highest BCUT2D eigenvalue weighted by molar-refractivity contribution is 4.80. The summed E-state index contributed by atoms with van der Waals surface area (Å²) < 4.78 is 0. The molecule has 0 aromatic heterocycles. The Morgan fingerprint density at radius 3 is 2.31 bits per heavy atom. The van der Waals surface area contributed by atoms with Crippen molar-refractivity contribution in [3.63, 3.8) is 0 Å². The molecule has 1 saturated heterocycles. The lowest BCUT2D eigenvalue weighted by Crippen LogP contribution is -2.31. The summed E-state index contributed by atoms with van der Waals surface area (Å²) >= 11 is 0. The van der Waals surface area contributed by atoms with E-state index in [0.29, 0.717) is 0 Å². The third kappa shape index (κ3) is 3.21. The molecule has 2 aliphatic rings. The van der Waals surface area contributed by atoms with Gasteiger partial charge in [0.1, 0.15) is 0 Å². The molecule has 1 N–H and O–H groups in total. The van der Waals surface area contributed by atoms with Crippen LogP contribution in [0.3, 0.4) is 0 Å². The Bertz CT molecular complexity index is 209. The monoisotopic (exact) mass is 225 g/mol. The summed E-state index contributed by atoms with van der Waals surface area (Å²) in [5, 5.41) is 9.50. The first-order valence-electron chi connectivity index (χ1n) is 7.05. The SMILES string of the molecule is CC(C)[C@H]1CC[C@@H](CN2CC[C@H](O)C2)CC1. The molecule has 0 radical (unpaired) electrons. The Kier molecular flexibility index (Phi) is 4.26. The van der Waals surface area contributed by atoms with Gasteiger partial charge in [-0.1, -0.05) is 13.8 Å². The Morgan fingerprint density at radius 1 is 1.12 bits per heavy atom. The van der Waals surface area contributed by atoms with Gasteiger partial charge in [-0.25, -0.2) is 0 Å². The van der Waals surface area contributed by atoms with E-state index in [-0.39, 0.29) is 6.10 Å². The molecular weight excluding hydrogens is 198 g/mol. The Hall–Kier alpha value is -0.0800. The van der Waals surface area contributed by atoms with Crippen LogP contribution in [0.5, 0.6) is 0 Å². The van der Waals surface area contributed by atoms with Crippen LogP contribution in [-0.4, -0.2) is 35.7 Å². The van der Waals surface area contributed by atoms with Crippen molar-refractivity contribution in [1.29, 1.82) is 0 Å². The normalized spacial score (nSPS) is 37.1. The molecule has 2 fully saturated rings. The van der Waals surface area contributed by atoms with Crippen LogP contribution in [0.15, 0.2) is 0 Å². The summed E-state index contributed by atoms with van der Waals surface area (Å²) in [6.07, 6.45) is 6.62. The molecule has 1 heterocycles. The second-order valence-electron chi connectivity index (χ2n) is 6.23. The Morgan fingerprint density at radius 2 is 1.81 bits per heavy atom. The number of aliphatic hydroxyl groups is 1. The van der Waals surface area contributed by atoms with Gasteiger partial charge in [0.2, 0.25) is 0 Å². The Labute approximate surface area is 100 Å². The van der Waals surface area contributed by atoms with Gasteiger partial charge in [-0.2, -0.15) is 0 Å². The fourth-order valence-electron chi connectivity index (χ4n) is 3.38. The predicted molar refractivity (Wildman–Crippen MR) is 67.3 cm³/mol. The van der Waals surface area contributed by atoms with Gasteiger partial charge in [0, 0.05) is 19.6 Å². The quantitative estimate of drug-likeness (QED) is 0.798. The van der Waals surface area contributed by atoms with Crippen LogP contribution in [-0.2, 0) is 0 Å². The number of likely N-dealkylation sites (tertiary alicyclic amines) is 1. The largest absolute Gasteiger partial charge is 0.392 e. The average molecular weight is 225 g/mol. The van der Waals surface area contributed by atoms with Crippen molar-refractivity contribution in [2.75, 3.05) is 19.6 Å². The second kappa shape index (κ2) is 5.50. The van der Waals surface area contributed by atoms with Crippen molar-refractivity contribution in [3.05, 3.63) is 0 Å². The molecule has 2 rings (SSSR count). The maximum Gasteiger partial charge on any atom is 0.0679 e. The molecule has 2 heteroatoms. The summed E-state index contributed by atoms with van der Waals surface area (Å²) in [4.78, 5) is 2.46. The first-order chi connectivity index (χ1) is 7.65. The summed E-state index contributed by atoms with van der Waals surface area (Å²) in [6, 6.07) is 0. The van der Waals surface area contributed by atoms with Crippen LogP contribution in [0.2, 0.25) is 0 Å². The maximum atomic E-state index is 9.50. The fourth-order valence-corrected chi connectivity index (χ4v) is 3.38. The molecule has 0 bridgehead atoms. The summed E-state index contributed by atoms with van der Waals surface area (Å²) in [7, 11) is 0. The molecule has 2 nitrogen and oxygen atoms in total. The van der Waals surface area contributed by atoms with E-state index < -0.39 is 0 Å². The lowest BCUT2D eigenvalue weighted by Gasteiger charge is -2.32. The van der Waals surface area contributed by atoms with Crippen molar-refractivity contribution in [1.82, 2.24) is 4.90 Å². The lowest BCUT2D eigenvalue weighted by atomic mass is 9.77. The number of β-amino-alcohol motifs (C(OH)–C–C–N with tert-alkyl or cyclic N) is 1. The molecule has 1 aliphatic carbocycles. The molecule has 0 aromatic rings. The topological polar surface area (TPSA) is 23.5 Å². The van der Waals surface area contributed by atoms with Crippen molar-refractivity contribution >= 4 is 0 Å². The summed E-state index contributed by atoms with van der Waals surface area (Å²) in [6.45, 7) is 8.00. The lowest BCUT2D eigenvalue weighted by molar-refractivity contribution is 0.151. The highest BCUT2D eigenvalue weighted by Gasteiger charge is 2.27. The van der Waals surface area contributed by atoms with Crippen molar-refractivity contribution in [2.24, 2.45) is 17.8 Å². The minimum Gasteiger partial charge on any atom is -0.392 e. The zero-order valence-electron chi connectivity index (χ0n) is 10.9. The van der Waals surface area contributed by atoms with Gasteiger partial charge in [0.15, 0.2) is 0 Å². The minimum absolute atomic E-state index is 0.0491. The van der Waals surface area contributed by atoms with Gasteiger partial charge in [-0.15, -0.1) is 0 Å². The molecule has 16 heavy (non-hydrogen) atoms. The standard InChI is InChI=1S/C14H27NO/c1-11(2)13-5-3-12(4-6-13)9-15-8-7-14(16)10-15/h11-14,16H,3-10H2,1-2H3/t12-,13+,14-/m0/s1. The van der Waals surface area contributed by atoms with E-state index >= 15 is 0 Å². The molecule has 94 valence electrons. The highest BCUT2D eigenvalue weighted by atomic mass is 16.3. The second-order valence-corrected chi connectivity index (χ2v) is 6.23. The van der Waals surface area contributed by atoms with Crippen LogP contribution in [0.1, 0.15) is 46.0 Å². The summed E-state index contributed by atoms with van der Waals surface area (Å²) in [5.74, 6) is 2.75. The molecule has 0 spiro atoms. The fraction of sp³-hybridized carbons (Fsp3) is 1.00. The highest BCUT2D eigenvalue weighted by Crippen LogP contribution is 2.33. The first kappa shape index (κ1) is 12.4. The molecule has 1 aliphatic heterocycles. The number of hydrogen-bond donors (Lipinski definition) is 1. The maximum absolute atomic E-state index is 9.50. The van der Waals surface area contributed by atoms with Crippen LogP contribution >= 0.6 is 0 Å². The minimum atomic E-state index is -0.0491. The molecule has 0 unspecified atom stereocenters. The summed E-state index contributed by atoms with van der Waals surface area (Å²) in [5.41, 5.74) is 0. The van der Waals surface area contributed by atoms with Gasteiger partial charge >= 0.3 is 0 Å². The molecular formula is C14H27NO. The van der Waals surface area contributed by atoms with E-state index in [1.54, 1.807) is 0 Å². The van der Waals surface area contributed by atoms with E-state index in [1.807, 2.05) is 0 Å². The van der Waals surface area contributed by atoms with E-state index in [9.17, 15) is 5.11 Å². The zero-order valence-corrected chi connectivity index (χ0v) is 10.9. The first-order valence-corrected chi connectivity index (χ1v) is 7.05. The van der Waals surface area contributed by atoms with Crippen LogP contribution in [0.4, 0.5) is 0 Å². The van der Waals surface area contributed by atoms with E-state index in [2.05, 4.69) is 18.7 Å². The number of rotatable bonds is 3. The van der Waals surface area contributed by atoms with Crippen LogP contribution in [0.25, 0.3) is 0 Å². The average Bonchev–Trinajstić information content (AvgIpc) is 2.65. The third-order valence-corrected chi connectivity index (χ3v) is 4.60. The van der Waals surface area contributed by atoms with Gasteiger partial charge in [-0.3, -0.25) is 0 Å².